The number of hydrogen-bond acceptors (Lipinski definition) is 3. The monoisotopic (exact) mass is 267 g/mol. The predicted molar refractivity (Wildman–Crippen MR) is 77.8 cm³/mol. The normalized spacial score (nSPS) is 24.7. The fraction of sp³-hybridized carbons (Fsp3) is 0.933. The Morgan fingerprint density at radius 3 is 2.11 bits per heavy atom. The molecule has 2 saturated heterocycles. The third-order valence-corrected chi connectivity index (χ3v) is 4.63. The van der Waals surface area contributed by atoms with Crippen LogP contribution in [0.5, 0.6) is 0 Å². The van der Waals surface area contributed by atoms with Crippen LogP contribution in [0.1, 0.15) is 46.5 Å². The first-order valence-corrected chi connectivity index (χ1v) is 7.68. The number of carbonyl (C=O) groups is 1. The molecule has 0 saturated carbocycles. The summed E-state index contributed by atoms with van der Waals surface area (Å²) in [5.74, 6) is 0.132. The molecule has 2 aliphatic heterocycles. The van der Waals surface area contributed by atoms with Crippen LogP contribution in [0.4, 0.5) is 0 Å². The third-order valence-electron chi connectivity index (χ3n) is 4.63. The molecular weight excluding hydrogens is 238 g/mol. The van der Waals surface area contributed by atoms with E-state index in [-0.39, 0.29) is 17.4 Å². The molecule has 2 aliphatic rings. The molecule has 4 nitrogen and oxygen atoms in total. The SMILES string of the molecule is CC(C)(C)C(N)C(=O)N1CCC(N2CCCC2)CC1. The van der Waals surface area contributed by atoms with Crippen LogP contribution >= 0.6 is 0 Å². The molecule has 0 aliphatic carbocycles. The average Bonchev–Trinajstić information content (AvgIpc) is 2.90. The molecule has 0 radical (unpaired) electrons. The zero-order chi connectivity index (χ0) is 14.0. The van der Waals surface area contributed by atoms with Crippen LogP contribution in [0.25, 0.3) is 0 Å². The van der Waals surface area contributed by atoms with Crippen molar-refractivity contribution in [2.24, 2.45) is 11.1 Å². The van der Waals surface area contributed by atoms with E-state index in [1.165, 1.54) is 25.9 Å². The van der Waals surface area contributed by atoms with Gasteiger partial charge in [0.2, 0.25) is 5.91 Å². The predicted octanol–water partition coefficient (Wildman–Crippen LogP) is 1.45. The van der Waals surface area contributed by atoms with Gasteiger partial charge in [0.1, 0.15) is 0 Å². The molecular formula is C15H29N3O. The Hall–Kier alpha value is -0.610. The molecule has 0 aromatic carbocycles. The summed E-state index contributed by atoms with van der Waals surface area (Å²) in [6.07, 6.45) is 4.91. The molecule has 2 heterocycles. The number of hydrogen-bond donors (Lipinski definition) is 1. The highest BCUT2D eigenvalue weighted by molar-refractivity contribution is 5.82. The molecule has 1 unspecified atom stereocenters. The standard InChI is InChI=1S/C15H29N3O/c1-15(2,3)13(16)14(19)18-10-6-12(7-11-18)17-8-4-5-9-17/h12-13H,4-11,16H2,1-3H3. The Bertz CT molecular complexity index is 310. The van der Waals surface area contributed by atoms with Gasteiger partial charge in [0.25, 0.3) is 0 Å². The number of nitrogens with zero attached hydrogens (tertiary/aromatic N) is 2. The fourth-order valence-electron chi connectivity index (χ4n) is 3.13. The van der Waals surface area contributed by atoms with Gasteiger partial charge >= 0.3 is 0 Å². The number of nitrogens with two attached hydrogens (primary N) is 1. The summed E-state index contributed by atoms with van der Waals surface area (Å²) in [5, 5.41) is 0. The quantitative estimate of drug-likeness (QED) is 0.824. The average molecular weight is 267 g/mol. The minimum Gasteiger partial charge on any atom is -0.341 e. The van der Waals surface area contributed by atoms with Crippen LogP contribution in [0, 0.1) is 5.41 Å². The molecule has 110 valence electrons. The lowest BCUT2D eigenvalue weighted by Crippen LogP contribution is -2.54. The van der Waals surface area contributed by atoms with Gasteiger partial charge in [0, 0.05) is 19.1 Å². The van der Waals surface area contributed by atoms with Crippen molar-refractivity contribution in [1.29, 1.82) is 0 Å². The van der Waals surface area contributed by atoms with E-state index in [2.05, 4.69) is 4.90 Å². The lowest BCUT2D eigenvalue weighted by molar-refractivity contribution is -0.136. The first kappa shape index (κ1) is 14.8. The van der Waals surface area contributed by atoms with Crippen molar-refractivity contribution < 1.29 is 4.79 Å². The van der Waals surface area contributed by atoms with Crippen molar-refractivity contribution in [3.05, 3.63) is 0 Å². The summed E-state index contributed by atoms with van der Waals surface area (Å²) in [5.41, 5.74) is 5.93. The van der Waals surface area contributed by atoms with E-state index in [1.807, 2.05) is 25.7 Å². The summed E-state index contributed by atoms with van der Waals surface area (Å²) in [6, 6.07) is 0.313. The highest BCUT2D eigenvalue weighted by atomic mass is 16.2. The first-order valence-electron chi connectivity index (χ1n) is 7.68. The van der Waals surface area contributed by atoms with Crippen molar-refractivity contribution in [3.8, 4) is 0 Å². The highest BCUT2D eigenvalue weighted by Gasteiger charge is 2.34. The van der Waals surface area contributed by atoms with E-state index in [0.717, 1.165) is 25.9 Å². The maximum absolute atomic E-state index is 12.4. The Labute approximate surface area is 117 Å². The maximum atomic E-state index is 12.4. The number of amides is 1. The Balaban J connectivity index is 1.84. The number of piperidine rings is 1. The molecule has 0 spiro atoms. The van der Waals surface area contributed by atoms with Gasteiger partial charge in [-0.1, -0.05) is 20.8 Å². The first-order chi connectivity index (χ1) is 8.89. The maximum Gasteiger partial charge on any atom is 0.240 e. The van der Waals surface area contributed by atoms with Crippen LogP contribution in [0.3, 0.4) is 0 Å². The van der Waals surface area contributed by atoms with Gasteiger partial charge in [-0.25, -0.2) is 0 Å². The summed E-state index contributed by atoms with van der Waals surface area (Å²) >= 11 is 0. The molecule has 1 amide bonds. The van der Waals surface area contributed by atoms with Crippen molar-refractivity contribution in [2.45, 2.75) is 58.5 Å². The van der Waals surface area contributed by atoms with Crippen LogP contribution in [-0.4, -0.2) is 54.0 Å². The summed E-state index contributed by atoms with van der Waals surface area (Å²) < 4.78 is 0. The minimum absolute atomic E-state index is 0.132. The molecule has 4 heteroatoms. The molecule has 2 rings (SSSR count). The van der Waals surface area contributed by atoms with Crippen LogP contribution in [0.2, 0.25) is 0 Å². The lowest BCUT2D eigenvalue weighted by atomic mass is 9.86. The molecule has 0 bridgehead atoms. The van der Waals surface area contributed by atoms with Crippen molar-refractivity contribution in [2.75, 3.05) is 26.2 Å². The topological polar surface area (TPSA) is 49.6 Å². The molecule has 2 fully saturated rings. The van der Waals surface area contributed by atoms with Crippen LogP contribution < -0.4 is 5.73 Å². The van der Waals surface area contributed by atoms with E-state index < -0.39 is 0 Å². The van der Waals surface area contributed by atoms with Gasteiger partial charge in [-0.15, -0.1) is 0 Å². The second-order valence-electron chi connectivity index (χ2n) is 7.14. The van der Waals surface area contributed by atoms with Crippen LogP contribution in [-0.2, 0) is 4.79 Å². The Morgan fingerprint density at radius 1 is 1.11 bits per heavy atom. The zero-order valence-corrected chi connectivity index (χ0v) is 12.7. The summed E-state index contributed by atoms with van der Waals surface area (Å²) in [4.78, 5) is 16.9. The zero-order valence-electron chi connectivity index (χ0n) is 12.7. The molecule has 0 aromatic heterocycles. The van der Waals surface area contributed by atoms with Gasteiger partial charge in [-0.2, -0.15) is 0 Å². The molecule has 2 N–H and O–H groups in total. The molecule has 19 heavy (non-hydrogen) atoms. The molecule has 1 atom stereocenters. The second-order valence-corrected chi connectivity index (χ2v) is 7.14. The number of carbonyl (C=O) groups excluding carboxylic acids is 1. The summed E-state index contributed by atoms with van der Waals surface area (Å²) in [7, 11) is 0. The van der Waals surface area contributed by atoms with E-state index >= 15 is 0 Å². The van der Waals surface area contributed by atoms with E-state index in [9.17, 15) is 4.79 Å². The Kier molecular flexibility index (Phi) is 4.51. The van der Waals surface area contributed by atoms with Crippen molar-refractivity contribution in [1.82, 2.24) is 9.80 Å². The van der Waals surface area contributed by atoms with E-state index in [0.29, 0.717) is 6.04 Å². The van der Waals surface area contributed by atoms with Gasteiger partial charge in [0.05, 0.1) is 6.04 Å². The van der Waals surface area contributed by atoms with Gasteiger partial charge in [-0.05, 0) is 44.2 Å². The summed E-state index contributed by atoms with van der Waals surface area (Å²) in [6.45, 7) is 10.4. The molecule has 0 aromatic rings. The smallest absolute Gasteiger partial charge is 0.240 e. The van der Waals surface area contributed by atoms with E-state index in [4.69, 9.17) is 5.73 Å². The second kappa shape index (κ2) is 5.80. The fourth-order valence-corrected chi connectivity index (χ4v) is 3.13. The lowest BCUT2D eigenvalue weighted by Gasteiger charge is -2.39. The largest absolute Gasteiger partial charge is 0.341 e. The van der Waals surface area contributed by atoms with Gasteiger partial charge in [-0.3, -0.25) is 4.79 Å². The van der Waals surface area contributed by atoms with Crippen molar-refractivity contribution >= 4 is 5.91 Å². The minimum atomic E-state index is -0.379. The highest BCUT2D eigenvalue weighted by Crippen LogP contribution is 2.24. The van der Waals surface area contributed by atoms with Gasteiger partial charge in [0.15, 0.2) is 0 Å². The van der Waals surface area contributed by atoms with Gasteiger partial charge < -0.3 is 15.5 Å². The van der Waals surface area contributed by atoms with Crippen molar-refractivity contribution in [3.63, 3.8) is 0 Å². The third kappa shape index (κ3) is 3.48. The number of likely N-dealkylation sites (tertiary alicyclic amines) is 2. The number of rotatable bonds is 2. The van der Waals surface area contributed by atoms with E-state index in [1.54, 1.807) is 0 Å². The van der Waals surface area contributed by atoms with Crippen LogP contribution in [0.15, 0.2) is 0 Å². The Morgan fingerprint density at radius 2 is 1.63 bits per heavy atom.